The Hall–Kier alpha value is -1.89. The fraction of sp³-hybridized carbons (Fsp3) is 0.579. The molecule has 0 radical (unpaired) electrons. The van der Waals surface area contributed by atoms with Crippen molar-refractivity contribution in [3.05, 3.63) is 29.3 Å². The van der Waals surface area contributed by atoms with Crippen LogP contribution in [0.1, 0.15) is 50.7 Å². The first-order chi connectivity index (χ1) is 12.6. The highest BCUT2D eigenvalue weighted by Crippen LogP contribution is 2.22. The lowest BCUT2D eigenvalue weighted by atomic mass is 9.99. The molecule has 0 unspecified atom stereocenters. The van der Waals surface area contributed by atoms with Gasteiger partial charge in [-0.2, -0.15) is 4.68 Å². The highest BCUT2D eigenvalue weighted by atomic mass is 32.2. The summed E-state index contributed by atoms with van der Waals surface area (Å²) in [5, 5.41) is 15.6. The van der Waals surface area contributed by atoms with Crippen molar-refractivity contribution < 1.29 is 4.79 Å². The smallest absolute Gasteiger partial charge is 0.230 e. The van der Waals surface area contributed by atoms with E-state index in [-0.39, 0.29) is 5.91 Å². The molecule has 2 aromatic rings. The molecule has 0 fully saturated rings. The molecule has 0 aliphatic rings. The lowest BCUT2D eigenvalue weighted by Gasteiger charge is -2.15. The zero-order valence-electron chi connectivity index (χ0n) is 16.2. The maximum atomic E-state index is 12.2. The number of aryl methyl sites for hydroxylation is 1. The predicted octanol–water partition coefficient (Wildman–Crippen LogP) is 3.70. The number of hydrogen-bond donors (Lipinski definition) is 1. The van der Waals surface area contributed by atoms with Crippen LogP contribution in [0.4, 0.5) is 0 Å². The minimum atomic E-state index is 0.0282. The second-order valence-corrected chi connectivity index (χ2v) is 7.54. The van der Waals surface area contributed by atoms with Crippen LogP contribution < -0.4 is 5.32 Å². The van der Waals surface area contributed by atoms with Crippen molar-refractivity contribution in [2.45, 2.75) is 58.5 Å². The van der Waals surface area contributed by atoms with Gasteiger partial charge >= 0.3 is 0 Å². The molecule has 26 heavy (non-hydrogen) atoms. The second-order valence-electron chi connectivity index (χ2n) is 6.60. The summed E-state index contributed by atoms with van der Waals surface area (Å²) >= 11 is 1.36. The highest BCUT2D eigenvalue weighted by molar-refractivity contribution is 7.99. The van der Waals surface area contributed by atoms with Crippen LogP contribution >= 0.6 is 11.8 Å². The van der Waals surface area contributed by atoms with Crippen molar-refractivity contribution in [2.24, 2.45) is 5.92 Å². The average Bonchev–Trinajstić information content (AvgIpc) is 3.10. The molecule has 1 heterocycles. The van der Waals surface area contributed by atoms with Crippen molar-refractivity contribution in [2.75, 3.05) is 12.3 Å². The molecule has 1 amide bonds. The highest BCUT2D eigenvalue weighted by Gasteiger charge is 2.14. The number of unbranched alkanes of at least 4 members (excludes halogenated alkanes) is 1. The van der Waals surface area contributed by atoms with Gasteiger partial charge in [-0.3, -0.25) is 4.79 Å². The molecule has 7 heteroatoms. The number of benzene rings is 1. The molecule has 2 rings (SSSR count). The molecule has 0 bridgehead atoms. The van der Waals surface area contributed by atoms with E-state index in [1.807, 2.05) is 12.1 Å². The standard InChI is InChI=1S/C19H29N5OS/c1-5-7-10-16(6-2)12-20-18(25)13-26-19-21-22-23-24(19)17-11-8-9-14(3)15(17)4/h8-9,11,16H,5-7,10,12-13H2,1-4H3,(H,20,25)/t16-/m1/s1. The van der Waals surface area contributed by atoms with Gasteiger partial charge in [0.25, 0.3) is 0 Å². The predicted molar refractivity (Wildman–Crippen MR) is 106 cm³/mol. The number of carbonyl (C=O) groups is 1. The zero-order chi connectivity index (χ0) is 18.9. The Kier molecular flexibility index (Phi) is 8.09. The molecule has 1 N–H and O–H groups in total. The van der Waals surface area contributed by atoms with E-state index in [0.717, 1.165) is 24.2 Å². The molecule has 142 valence electrons. The fourth-order valence-corrected chi connectivity index (χ4v) is 3.48. The van der Waals surface area contributed by atoms with Crippen LogP contribution in [-0.4, -0.2) is 38.4 Å². The number of rotatable bonds is 10. The molecule has 0 spiro atoms. The largest absolute Gasteiger partial charge is 0.355 e. The van der Waals surface area contributed by atoms with E-state index in [1.54, 1.807) is 4.68 Å². The molecule has 0 aliphatic heterocycles. The Morgan fingerprint density at radius 2 is 2.12 bits per heavy atom. The van der Waals surface area contributed by atoms with Gasteiger partial charge in [0.15, 0.2) is 0 Å². The number of nitrogens with one attached hydrogen (secondary N) is 1. The minimum absolute atomic E-state index is 0.0282. The molecule has 1 atom stereocenters. The summed E-state index contributed by atoms with van der Waals surface area (Å²) in [4.78, 5) is 12.2. The number of tetrazole rings is 1. The Bertz CT molecular complexity index is 716. The topological polar surface area (TPSA) is 72.7 Å². The van der Waals surface area contributed by atoms with Crippen LogP contribution in [0.2, 0.25) is 0 Å². The third-order valence-electron chi connectivity index (χ3n) is 4.71. The second kappa shape index (κ2) is 10.3. The summed E-state index contributed by atoms with van der Waals surface area (Å²) in [6.07, 6.45) is 4.68. The molecule has 0 saturated carbocycles. The molecular weight excluding hydrogens is 346 g/mol. The monoisotopic (exact) mass is 375 g/mol. The average molecular weight is 376 g/mol. The van der Waals surface area contributed by atoms with Crippen molar-refractivity contribution in [1.82, 2.24) is 25.5 Å². The van der Waals surface area contributed by atoms with Crippen molar-refractivity contribution >= 4 is 17.7 Å². The Labute approximate surface area is 160 Å². The normalized spacial score (nSPS) is 12.2. The van der Waals surface area contributed by atoms with E-state index in [2.05, 4.69) is 54.6 Å². The lowest BCUT2D eigenvalue weighted by molar-refractivity contribution is -0.118. The number of nitrogens with zero attached hydrogens (tertiary/aromatic N) is 4. The van der Waals surface area contributed by atoms with Gasteiger partial charge in [-0.1, -0.05) is 57.0 Å². The first-order valence-electron chi connectivity index (χ1n) is 9.31. The van der Waals surface area contributed by atoms with Gasteiger partial charge < -0.3 is 5.32 Å². The summed E-state index contributed by atoms with van der Waals surface area (Å²) < 4.78 is 1.70. The van der Waals surface area contributed by atoms with E-state index >= 15 is 0 Å². The summed E-state index contributed by atoms with van der Waals surface area (Å²) in [6.45, 7) is 9.24. The van der Waals surface area contributed by atoms with Crippen LogP contribution in [0.3, 0.4) is 0 Å². The number of thioether (sulfide) groups is 1. The zero-order valence-corrected chi connectivity index (χ0v) is 17.0. The van der Waals surface area contributed by atoms with Gasteiger partial charge in [0.1, 0.15) is 0 Å². The summed E-state index contributed by atoms with van der Waals surface area (Å²) in [6, 6.07) is 6.04. The van der Waals surface area contributed by atoms with Gasteiger partial charge in [0, 0.05) is 6.54 Å². The molecule has 6 nitrogen and oxygen atoms in total. The van der Waals surface area contributed by atoms with Crippen LogP contribution in [0, 0.1) is 19.8 Å². The number of amides is 1. The SMILES string of the molecule is CCCC[C@@H](CC)CNC(=O)CSc1nnnn1-c1cccc(C)c1C. The Morgan fingerprint density at radius 1 is 1.31 bits per heavy atom. The van der Waals surface area contributed by atoms with Crippen molar-refractivity contribution in [3.63, 3.8) is 0 Å². The third kappa shape index (κ3) is 5.56. The summed E-state index contributed by atoms with van der Waals surface area (Å²) in [7, 11) is 0. The van der Waals surface area contributed by atoms with Crippen molar-refractivity contribution in [3.8, 4) is 5.69 Å². The molecular formula is C19H29N5OS. The number of aromatic nitrogens is 4. The minimum Gasteiger partial charge on any atom is -0.355 e. The van der Waals surface area contributed by atoms with Gasteiger partial charge in [-0.05, 0) is 53.8 Å². The third-order valence-corrected chi connectivity index (χ3v) is 5.63. The van der Waals surface area contributed by atoms with Crippen LogP contribution in [0.25, 0.3) is 5.69 Å². The van der Waals surface area contributed by atoms with E-state index in [4.69, 9.17) is 0 Å². The first kappa shape index (κ1) is 20.4. The van der Waals surface area contributed by atoms with E-state index < -0.39 is 0 Å². The Balaban J connectivity index is 1.91. The van der Waals surface area contributed by atoms with Gasteiger partial charge in [0.05, 0.1) is 11.4 Å². The maximum absolute atomic E-state index is 12.2. The number of hydrogen-bond acceptors (Lipinski definition) is 5. The molecule has 0 aliphatic carbocycles. The molecule has 1 aromatic heterocycles. The van der Waals surface area contributed by atoms with Gasteiger partial charge in [-0.25, -0.2) is 0 Å². The van der Waals surface area contributed by atoms with Crippen molar-refractivity contribution in [1.29, 1.82) is 0 Å². The Morgan fingerprint density at radius 3 is 2.85 bits per heavy atom. The summed E-state index contributed by atoms with van der Waals surface area (Å²) in [5.74, 6) is 0.903. The van der Waals surface area contributed by atoms with Crippen LogP contribution in [0.15, 0.2) is 23.4 Å². The quantitative estimate of drug-likeness (QED) is 0.641. The van der Waals surface area contributed by atoms with Gasteiger partial charge in [0.2, 0.25) is 11.1 Å². The van der Waals surface area contributed by atoms with Crippen LogP contribution in [-0.2, 0) is 4.79 Å². The maximum Gasteiger partial charge on any atom is 0.230 e. The fourth-order valence-electron chi connectivity index (χ4n) is 2.77. The lowest BCUT2D eigenvalue weighted by Crippen LogP contribution is -2.30. The summed E-state index contributed by atoms with van der Waals surface area (Å²) in [5.41, 5.74) is 3.26. The van der Waals surface area contributed by atoms with E-state index in [9.17, 15) is 4.79 Å². The first-order valence-corrected chi connectivity index (χ1v) is 10.3. The number of carbonyl (C=O) groups excluding carboxylic acids is 1. The van der Waals surface area contributed by atoms with E-state index in [1.165, 1.54) is 36.6 Å². The molecule has 0 saturated heterocycles. The van der Waals surface area contributed by atoms with E-state index in [0.29, 0.717) is 16.8 Å². The van der Waals surface area contributed by atoms with Crippen LogP contribution in [0.5, 0.6) is 0 Å². The molecule has 1 aromatic carbocycles. The van der Waals surface area contributed by atoms with Gasteiger partial charge in [-0.15, -0.1) is 5.10 Å².